The molecule has 1 heterocycles. The molecule has 0 aromatic carbocycles. The number of pyridine rings is 1. The van der Waals surface area contributed by atoms with Crippen molar-refractivity contribution in [3.05, 3.63) is 40.2 Å². The van der Waals surface area contributed by atoms with Crippen LogP contribution >= 0.6 is 0 Å². The molecule has 9 heteroatoms. The van der Waals surface area contributed by atoms with Gasteiger partial charge in [0.2, 0.25) is 0 Å². The molecule has 0 aliphatic rings. The molecule has 1 amide bonds. The number of carbonyl (C=O) groups excluding carboxylic acids is 2. The molecule has 0 fully saturated rings. The Morgan fingerprint density at radius 2 is 1.77 bits per heavy atom. The first-order chi connectivity index (χ1) is 14.5. The van der Waals surface area contributed by atoms with Crippen molar-refractivity contribution in [1.29, 1.82) is 0 Å². The lowest BCUT2D eigenvalue weighted by Crippen LogP contribution is -2.37. The van der Waals surface area contributed by atoms with E-state index in [0.717, 1.165) is 19.3 Å². The Hall–Kier alpha value is -2.71. The van der Waals surface area contributed by atoms with E-state index in [4.69, 9.17) is 4.74 Å². The lowest BCUT2D eigenvalue weighted by Gasteiger charge is -2.05. The average molecular weight is 425 g/mol. The van der Waals surface area contributed by atoms with Gasteiger partial charge in [0.05, 0.1) is 0 Å². The zero-order valence-electron chi connectivity index (χ0n) is 17.8. The number of nitrogens with one attached hydrogen (secondary N) is 1. The van der Waals surface area contributed by atoms with Gasteiger partial charge in [-0.05, 0) is 12.5 Å². The number of carbonyl (C=O) groups is 2. The van der Waals surface area contributed by atoms with Crippen LogP contribution in [0.3, 0.4) is 0 Å². The number of nitrogens with zero attached hydrogens (tertiary/aromatic N) is 2. The SMILES string of the molecule is CCCCCCCCCCCC(=O)OC[n+]1cccc(C(=O)NCCO[N+](=O)[O-])c1. The molecule has 0 radical (unpaired) electrons. The van der Waals surface area contributed by atoms with E-state index in [1.54, 1.807) is 29.1 Å². The summed E-state index contributed by atoms with van der Waals surface area (Å²) in [6.45, 7) is 2.04. The maximum Gasteiger partial charge on any atom is 0.310 e. The highest BCUT2D eigenvalue weighted by Crippen LogP contribution is 2.10. The summed E-state index contributed by atoms with van der Waals surface area (Å²) in [6, 6.07) is 3.26. The van der Waals surface area contributed by atoms with Crippen LogP contribution in [0.2, 0.25) is 0 Å². The van der Waals surface area contributed by atoms with E-state index in [9.17, 15) is 19.7 Å². The van der Waals surface area contributed by atoms with Crippen LogP contribution in [0.4, 0.5) is 0 Å². The van der Waals surface area contributed by atoms with Crippen molar-refractivity contribution in [2.75, 3.05) is 13.2 Å². The van der Waals surface area contributed by atoms with E-state index in [1.165, 1.54) is 38.5 Å². The van der Waals surface area contributed by atoms with Crippen LogP contribution in [0, 0.1) is 10.1 Å². The van der Waals surface area contributed by atoms with Crippen LogP contribution < -0.4 is 9.88 Å². The molecule has 0 saturated carbocycles. The van der Waals surface area contributed by atoms with E-state index >= 15 is 0 Å². The van der Waals surface area contributed by atoms with Gasteiger partial charge in [-0.15, -0.1) is 10.1 Å². The first-order valence-electron chi connectivity index (χ1n) is 10.7. The predicted molar refractivity (Wildman–Crippen MR) is 110 cm³/mol. The molecule has 1 rings (SSSR count). The molecule has 1 N–H and O–H groups in total. The van der Waals surface area contributed by atoms with Crippen LogP contribution in [0.1, 0.15) is 81.5 Å². The first-order valence-corrected chi connectivity index (χ1v) is 10.7. The van der Waals surface area contributed by atoms with Gasteiger partial charge < -0.3 is 14.9 Å². The van der Waals surface area contributed by atoms with E-state index in [-0.39, 0.29) is 25.9 Å². The molecule has 0 aliphatic carbocycles. The third-order valence-electron chi connectivity index (χ3n) is 4.56. The fourth-order valence-corrected chi connectivity index (χ4v) is 2.92. The standard InChI is InChI=1S/C21H33N3O6/c1-2-3-4-5-6-7-8-9-10-13-20(25)29-18-23-15-11-12-19(17-23)21(26)22-14-16-30-24(27)28/h11-12,15,17H,2-10,13-14,16,18H2,1H3/p+1. The molecule has 9 nitrogen and oxygen atoms in total. The van der Waals surface area contributed by atoms with E-state index in [2.05, 4.69) is 17.1 Å². The van der Waals surface area contributed by atoms with E-state index in [0.29, 0.717) is 12.0 Å². The van der Waals surface area contributed by atoms with Crippen LogP contribution in [-0.4, -0.2) is 30.1 Å². The van der Waals surface area contributed by atoms with Crippen molar-refractivity contribution in [2.24, 2.45) is 0 Å². The van der Waals surface area contributed by atoms with E-state index < -0.39 is 11.0 Å². The van der Waals surface area contributed by atoms with E-state index in [1.807, 2.05) is 0 Å². The number of amides is 1. The number of esters is 1. The largest absolute Gasteiger partial charge is 0.405 e. The van der Waals surface area contributed by atoms with Gasteiger partial charge in [0.15, 0.2) is 12.4 Å². The zero-order chi connectivity index (χ0) is 22.0. The van der Waals surface area contributed by atoms with Gasteiger partial charge in [0.25, 0.3) is 17.7 Å². The Labute approximate surface area is 177 Å². The van der Waals surface area contributed by atoms with Crippen molar-refractivity contribution in [3.8, 4) is 0 Å². The number of hydrogen-bond donors (Lipinski definition) is 1. The Morgan fingerprint density at radius 3 is 2.43 bits per heavy atom. The maximum absolute atomic E-state index is 12.0. The van der Waals surface area contributed by atoms with Crippen LogP contribution in [-0.2, 0) is 21.1 Å². The second-order valence-corrected chi connectivity index (χ2v) is 7.14. The number of ether oxygens (including phenoxy) is 1. The van der Waals surface area contributed by atoms with Gasteiger partial charge in [-0.1, -0.05) is 58.3 Å². The normalized spacial score (nSPS) is 10.4. The fraction of sp³-hybridized carbons (Fsp3) is 0.667. The van der Waals surface area contributed by atoms with Gasteiger partial charge in [0, 0.05) is 19.0 Å². The molecule has 0 saturated heterocycles. The smallest absolute Gasteiger partial charge is 0.310 e. The highest BCUT2D eigenvalue weighted by molar-refractivity contribution is 5.93. The lowest BCUT2D eigenvalue weighted by atomic mass is 10.1. The molecule has 1 aromatic rings. The predicted octanol–water partition coefficient (Wildman–Crippen LogP) is 3.33. The van der Waals surface area contributed by atoms with Crippen molar-refractivity contribution in [3.63, 3.8) is 0 Å². The Morgan fingerprint density at radius 1 is 1.10 bits per heavy atom. The second-order valence-electron chi connectivity index (χ2n) is 7.14. The summed E-state index contributed by atoms with van der Waals surface area (Å²) >= 11 is 0. The monoisotopic (exact) mass is 424 g/mol. The average Bonchev–Trinajstić information content (AvgIpc) is 2.74. The minimum atomic E-state index is -0.911. The summed E-state index contributed by atoms with van der Waals surface area (Å²) in [5.41, 5.74) is 0.355. The van der Waals surface area contributed by atoms with Crippen molar-refractivity contribution in [2.45, 2.75) is 77.9 Å². The van der Waals surface area contributed by atoms with Gasteiger partial charge >= 0.3 is 5.97 Å². The lowest BCUT2D eigenvalue weighted by molar-refractivity contribution is -0.757. The van der Waals surface area contributed by atoms with Crippen molar-refractivity contribution in [1.82, 2.24) is 5.32 Å². The maximum atomic E-state index is 12.0. The van der Waals surface area contributed by atoms with Gasteiger partial charge in [0.1, 0.15) is 12.2 Å². The van der Waals surface area contributed by atoms with Crippen LogP contribution in [0.25, 0.3) is 0 Å². The fourth-order valence-electron chi connectivity index (χ4n) is 2.92. The zero-order valence-corrected chi connectivity index (χ0v) is 17.8. The Bertz CT molecular complexity index is 653. The van der Waals surface area contributed by atoms with Crippen molar-refractivity contribution >= 4 is 11.9 Å². The molecular formula is C21H34N3O6+. The summed E-state index contributed by atoms with van der Waals surface area (Å²) < 4.78 is 6.85. The molecule has 0 unspecified atom stereocenters. The minimum absolute atomic E-state index is 0.0163. The first kappa shape index (κ1) is 25.3. The number of unbranched alkanes of at least 4 members (excludes halogenated alkanes) is 8. The number of rotatable bonds is 17. The summed E-state index contributed by atoms with van der Waals surface area (Å²) in [4.78, 5) is 38.1. The summed E-state index contributed by atoms with van der Waals surface area (Å²) in [5.74, 6) is -0.644. The molecule has 0 aliphatic heterocycles. The van der Waals surface area contributed by atoms with Crippen LogP contribution in [0.15, 0.2) is 24.5 Å². The minimum Gasteiger partial charge on any atom is -0.405 e. The highest BCUT2D eigenvalue weighted by atomic mass is 16.9. The van der Waals surface area contributed by atoms with Gasteiger partial charge in [-0.2, -0.15) is 4.57 Å². The molecule has 30 heavy (non-hydrogen) atoms. The summed E-state index contributed by atoms with van der Waals surface area (Å²) in [7, 11) is 0. The van der Waals surface area contributed by atoms with Gasteiger partial charge in [-0.25, -0.2) is 0 Å². The molecule has 0 spiro atoms. The Balaban J connectivity index is 2.18. The quantitative estimate of drug-likeness (QED) is 0.135. The topological polar surface area (TPSA) is 112 Å². The molecule has 0 bridgehead atoms. The molecule has 168 valence electrons. The second kappa shape index (κ2) is 16.1. The number of hydrogen-bond acceptors (Lipinski definition) is 6. The third-order valence-corrected chi connectivity index (χ3v) is 4.56. The van der Waals surface area contributed by atoms with Crippen LogP contribution in [0.5, 0.6) is 0 Å². The summed E-state index contributed by atoms with van der Waals surface area (Å²) in [6.07, 6.45) is 14.3. The molecular weight excluding hydrogens is 390 g/mol. The Kier molecular flexibility index (Phi) is 13.6. The van der Waals surface area contributed by atoms with Crippen molar-refractivity contribution < 1.29 is 28.8 Å². The summed E-state index contributed by atoms with van der Waals surface area (Å²) in [5, 5.41) is 11.7. The van der Waals surface area contributed by atoms with Gasteiger partial charge in [-0.3, -0.25) is 9.59 Å². The molecule has 0 atom stereocenters. The number of aromatic nitrogens is 1. The highest BCUT2D eigenvalue weighted by Gasteiger charge is 2.12. The molecule has 1 aromatic heterocycles. The third kappa shape index (κ3) is 12.7.